The lowest BCUT2D eigenvalue weighted by Crippen LogP contribution is -2.48. The van der Waals surface area contributed by atoms with Gasteiger partial charge in [0.05, 0.1) is 0 Å². The van der Waals surface area contributed by atoms with Gasteiger partial charge in [-0.2, -0.15) is 5.26 Å². The van der Waals surface area contributed by atoms with Crippen molar-refractivity contribution in [3.05, 3.63) is 59.9 Å². The van der Waals surface area contributed by atoms with Crippen LogP contribution in [0.25, 0.3) is 0 Å². The van der Waals surface area contributed by atoms with Gasteiger partial charge >= 0.3 is 6.03 Å². The fourth-order valence-corrected chi connectivity index (χ4v) is 3.16. The summed E-state index contributed by atoms with van der Waals surface area (Å²) in [4.78, 5) is 16.6. The lowest BCUT2D eigenvalue weighted by Gasteiger charge is -2.41. The van der Waals surface area contributed by atoms with Gasteiger partial charge in [0, 0.05) is 30.4 Å². The van der Waals surface area contributed by atoms with Gasteiger partial charge in [-0.15, -0.1) is 0 Å². The molecule has 6 nitrogen and oxygen atoms in total. The highest BCUT2D eigenvalue weighted by Crippen LogP contribution is 2.42. The average Bonchev–Trinajstić information content (AvgIpc) is 2.65. The molecule has 0 atom stereocenters. The Hall–Kier alpha value is -3.07. The summed E-state index contributed by atoms with van der Waals surface area (Å²) >= 11 is 0. The fraction of sp³-hybridized carbons (Fsp3) is 0.350. The van der Waals surface area contributed by atoms with Crippen LogP contribution in [0.2, 0.25) is 0 Å². The minimum atomic E-state index is -0.199. The molecule has 2 amide bonds. The molecule has 1 fully saturated rings. The fourth-order valence-electron chi connectivity index (χ4n) is 3.16. The maximum absolute atomic E-state index is 12.2. The molecule has 2 aromatic rings. The van der Waals surface area contributed by atoms with Crippen molar-refractivity contribution in [2.45, 2.75) is 31.2 Å². The molecular weight excluding hydrogens is 328 g/mol. The Balaban J connectivity index is 1.49. The second-order valence-corrected chi connectivity index (χ2v) is 6.48. The summed E-state index contributed by atoms with van der Waals surface area (Å²) in [6.45, 7) is 0.986. The normalized spacial score (nSPS) is 14.6. The molecular formula is C20H22N4O2. The van der Waals surface area contributed by atoms with Gasteiger partial charge in [-0.1, -0.05) is 24.6 Å². The number of nitrogens with zero attached hydrogens (tertiary/aromatic N) is 2. The first-order valence-electron chi connectivity index (χ1n) is 8.74. The molecule has 1 aromatic carbocycles. The summed E-state index contributed by atoms with van der Waals surface area (Å²) in [6.07, 6.45) is 5.05. The molecule has 1 aromatic heterocycles. The number of benzene rings is 1. The molecule has 0 aliphatic heterocycles. The first kappa shape index (κ1) is 17.7. The maximum atomic E-state index is 12.2. The van der Waals surface area contributed by atoms with E-state index in [1.807, 2.05) is 42.5 Å². The number of amides is 2. The van der Waals surface area contributed by atoms with Crippen molar-refractivity contribution in [2.24, 2.45) is 0 Å². The van der Waals surface area contributed by atoms with Gasteiger partial charge in [0.15, 0.2) is 6.61 Å². The number of rotatable bonds is 7. The van der Waals surface area contributed by atoms with Crippen molar-refractivity contribution in [1.82, 2.24) is 15.6 Å². The second kappa shape index (κ2) is 8.34. The lowest BCUT2D eigenvalue weighted by molar-refractivity contribution is 0.211. The molecule has 134 valence electrons. The minimum Gasteiger partial charge on any atom is -0.479 e. The number of hydrogen-bond acceptors (Lipinski definition) is 4. The second-order valence-electron chi connectivity index (χ2n) is 6.48. The number of nitrogens with one attached hydrogen (secondary N) is 2. The molecule has 3 rings (SSSR count). The van der Waals surface area contributed by atoms with Crippen molar-refractivity contribution in [1.29, 1.82) is 5.26 Å². The predicted octanol–water partition coefficient (Wildman–Crippen LogP) is 2.91. The zero-order valence-electron chi connectivity index (χ0n) is 14.6. The number of carbonyl (C=O) groups excluding carboxylic acids is 1. The zero-order chi connectivity index (χ0) is 18.2. The molecule has 0 bridgehead atoms. The van der Waals surface area contributed by atoms with Crippen LogP contribution in [0.15, 0.2) is 48.7 Å². The van der Waals surface area contributed by atoms with Crippen molar-refractivity contribution in [3.8, 4) is 11.8 Å². The monoisotopic (exact) mass is 350 g/mol. The topological polar surface area (TPSA) is 87.0 Å². The first-order chi connectivity index (χ1) is 12.7. The molecule has 1 heterocycles. The van der Waals surface area contributed by atoms with Crippen molar-refractivity contribution in [2.75, 3.05) is 13.2 Å². The number of carbonyl (C=O) groups is 1. The minimum absolute atomic E-state index is 0.00692. The van der Waals surface area contributed by atoms with E-state index >= 15 is 0 Å². The molecule has 0 radical (unpaired) electrons. The van der Waals surface area contributed by atoms with Gasteiger partial charge in [-0.05, 0) is 42.7 Å². The number of hydrogen-bond donors (Lipinski definition) is 2. The van der Waals surface area contributed by atoms with Crippen LogP contribution in [0.1, 0.15) is 30.5 Å². The maximum Gasteiger partial charge on any atom is 0.315 e. The molecule has 1 saturated carbocycles. The molecule has 2 N–H and O–H groups in total. The third-order valence-corrected chi connectivity index (χ3v) is 4.76. The summed E-state index contributed by atoms with van der Waals surface area (Å²) in [6, 6.07) is 15.0. The Labute approximate surface area is 153 Å². The third-order valence-electron chi connectivity index (χ3n) is 4.76. The summed E-state index contributed by atoms with van der Waals surface area (Å²) in [7, 11) is 0. The molecule has 1 aliphatic carbocycles. The van der Waals surface area contributed by atoms with Crippen molar-refractivity contribution in [3.63, 3.8) is 0 Å². The molecule has 0 saturated heterocycles. The Morgan fingerprint density at radius 3 is 2.81 bits per heavy atom. The van der Waals surface area contributed by atoms with Gasteiger partial charge in [0.25, 0.3) is 0 Å². The average molecular weight is 350 g/mol. The van der Waals surface area contributed by atoms with Gasteiger partial charge < -0.3 is 15.4 Å². The zero-order valence-corrected chi connectivity index (χ0v) is 14.6. The SMILES string of the molecule is N#CCOc1cccc(CNC(=O)NCC2(c3ccccn3)CCC2)c1. The van der Waals surface area contributed by atoms with Crippen LogP contribution in [0.5, 0.6) is 5.75 Å². The Morgan fingerprint density at radius 1 is 1.23 bits per heavy atom. The van der Waals surface area contributed by atoms with Crippen LogP contribution < -0.4 is 15.4 Å². The van der Waals surface area contributed by atoms with Gasteiger partial charge in [0.1, 0.15) is 11.8 Å². The molecule has 0 unspecified atom stereocenters. The molecule has 1 aliphatic rings. The van der Waals surface area contributed by atoms with Crippen LogP contribution in [0.3, 0.4) is 0 Å². The van der Waals surface area contributed by atoms with Crippen LogP contribution >= 0.6 is 0 Å². The van der Waals surface area contributed by atoms with E-state index < -0.39 is 0 Å². The summed E-state index contributed by atoms with van der Waals surface area (Å²) in [5.41, 5.74) is 1.93. The molecule has 26 heavy (non-hydrogen) atoms. The first-order valence-corrected chi connectivity index (χ1v) is 8.74. The largest absolute Gasteiger partial charge is 0.479 e. The van der Waals surface area contributed by atoms with Crippen molar-refractivity contribution < 1.29 is 9.53 Å². The Bertz CT molecular complexity index is 782. The van der Waals surface area contributed by atoms with Crippen LogP contribution in [0, 0.1) is 11.3 Å². The summed E-state index contributed by atoms with van der Waals surface area (Å²) in [5, 5.41) is 14.4. The lowest BCUT2D eigenvalue weighted by atomic mass is 9.66. The van der Waals surface area contributed by atoms with E-state index in [4.69, 9.17) is 10.00 Å². The van der Waals surface area contributed by atoms with Crippen LogP contribution in [0.4, 0.5) is 4.79 Å². The number of nitriles is 1. The molecule has 6 heteroatoms. The van der Waals surface area contributed by atoms with Gasteiger partial charge in [0.2, 0.25) is 0 Å². The summed E-state index contributed by atoms with van der Waals surface area (Å²) < 4.78 is 5.27. The van der Waals surface area contributed by atoms with E-state index in [2.05, 4.69) is 15.6 Å². The van der Waals surface area contributed by atoms with E-state index in [0.717, 1.165) is 30.5 Å². The van der Waals surface area contributed by atoms with Gasteiger partial charge in [-0.3, -0.25) is 4.98 Å². The van der Waals surface area contributed by atoms with E-state index in [9.17, 15) is 4.79 Å². The highest BCUT2D eigenvalue weighted by molar-refractivity contribution is 5.74. The van der Waals surface area contributed by atoms with Crippen LogP contribution in [-0.4, -0.2) is 24.2 Å². The highest BCUT2D eigenvalue weighted by Gasteiger charge is 2.39. The highest BCUT2D eigenvalue weighted by atomic mass is 16.5. The smallest absolute Gasteiger partial charge is 0.315 e. The third kappa shape index (κ3) is 4.31. The standard InChI is InChI=1S/C20H22N4O2/c21-10-12-26-17-6-3-5-16(13-17)14-23-19(25)24-15-20(8-4-9-20)18-7-1-2-11-22-18/h1-3,5-7,11,13H,4,8-9,12,14-15H2,(H2,23,24,25). The molecule has 0 spiro atoms. The van der Waals surface area contributed by atoms with E-state index in [-0.39, 0.29) is 18.1 Å². The number of aromatic nitrogens is 1. The van der Waals surface area contributed by atoms with E-state index in [1.54, 1.807) is 12.3 Å². The quantitative estimate of drug-likeness (QED) is 0.804. The predicted molar refractivity (Wildman–Crippen MR) is 97.6 cm³/mol. The number of ether oxygens (including phenoxy) is 1. The van der Waals surface area contributed by atoms with Gasteiger partial charge in [-0.25, -0.2) is 4.79 Å². The summed E-state index contributed by atoms with van der Waals surface area (Å²) in [5.74, 6) is 0.620. The Kier molecular flexibility index (Phi) is 5.69. The van der Waals surface area contributed by atoms with Crippen molar-refractivity contribution >= 4 is 6.03 Å². The Morgan fingerprint density at radius 2 is 2.12 bits per heavy atom. The van der Waals surface area contributed by atoms with E-state index in [1.165, 1.54) is 0 Å². The van der Waals surface area contributed by atoms with Crippen LogP contribution in [-0.2, 0) is 12.0 Å². The number of pyridine rings is 1. The number of urea groups is 1. The van der Waals surface area contributed by atoms with E-state index in [0.29, 0.717) is 18.8 Å².